The van der Waals surface area contributed by atoms with Crippen molar-refractivity contribution in [3.63, 3.8) is 0 Å². The maximum absolute atomic E-state index is 13.3. The SMILES string of the molecule is O=C(OC(c1ccccc1)c1ccccn1)c1cccc(F)c1. The van der Waals surface area contributed by atoms with Crippen molar-refractivity contribution in [1.29, 1.82) is 0 Å². The zero-order valence-electron chi connectivity index (χ0n) is 12.2. The molecule has 0 saturated heterocycles. The van der Waals surface area contributed by atoms with Gasteiger partial charge in [0.1, 0.15) is 5.82 Å². The van der Waals surface area contributed by atoms with E-state index in [0.29, 0.717) is 5.69 Å². The Balaban J connectivity index is 1.92. The lowest BCUT2D eigenvalue weighted by molar-refractivity contribution is 0.0370. The first-order valence-corrected chi connectivity index (χ1v) is 7.16. The standard InChI is InChI=1S/C19H14FNO2/c20-16-10-6-9-15(13-16)19(22)23-18(14-7-2-1-3-8-14)17-11-4-5-12-21-17/h1-13,18H. The van der Waals surface area contributed by atoms with Crippen LogP contribution < -0.4 is 0 Å². The second-order valence-electron chi connectivity index (χ2n) is 4.96. The van der Waals surface area contributed by atoms with Gasteiger partial charge in [-0.2, -0.15) is 0 Å². The summed E-state index contributed by atoms with van der Waals surface area (Å²) < 4.78 is 18.9. The van der Waals surface area contributed by atoms with Crippen molar-refractivity contribution in [2.24, 2.45) is 0 Å². The Bertz CT molecular complexity index is 751. The topological polar surface area (TPSA) is 39.2 Å². The summed E-state index contributed by atoms with van der Waals surface area (Å²) in [5, 5.41) is 0. The third-order valence-corrected chi connectivity index (χ3v) is 3.34. The third kappa shape index (κ3) is 3.61. The Labute approximate surface area is 133 Å². The quantitative estimate of drug-likeness (QED) is 0.679. The molecule has 0 N–H and O–H groups in total. The highest BCUT2D eigenvalue weighted by Gasteiger charge is 2.21. The monoisotopic (exact) mass is 307 g/mol. The molecular formula is C19H14FNO2. The number of esters is 1. The average molecular weight is 307 g/mol. The number of carbonyl (C=O) groups is 1. The number of benzene rings is 2. The molecule has 0 radical (unpaired) electrons. The summed E-state index contributed by atoms with van der Waals surface area (Å²) in [6, 6.07) is 20.2. The van der Waals surface area contributed by atoms with Crippen LogP contribution in [0.5, 0.6) is 0 Å². The molecule has 0 saturated carbocycles. The number of aromatic nitrogens is 1. The summed E-state index contributed by atoms with van der Waals surface area (Å²) in [6.07, 6.45) is 0.995. The van der Waals surface area contributed by atoms with Crippen molar-refractivity contribution in [3.05, 3.63) is 102 Å². The number of hydrogen-bond acceptors (Lipinski definition) is 3. The van der Waals surface area contributed by atoms with Crippen LogP contribution in [-0.4, -0.2) is 11.0 Å². The van der Waals surface area contributed by atoms with Crippen LogP contribution in [0.4, 0.5) is 4.39 Å². The lowest BCUT2D eigenvalue weighted by Crippen LogP contribution is -2.14. The van der Waals surface area contributed by atoms with E-state index in [1.54, 1.807) is 18.3 Å². The maximum Gasteiger partial charge on any atom is 0.339 e. The van der Waals surface area contributed by atoms with Crippen LogP contribution in [0.3, 0.4) is 0 Å². The van der Waals surface area contributed by atoms with Crippen LogP contribution in [0.2, 0.25) is 0 Å². The molecule has 0 bridgehead atoms. The van der Waals surface area contributed by atoms with Crippen LogP contribution >= 0.6 is 0 Å². The summed E-state index contributed by atoms with van der Waals surface area (Å²) in [7, 11) is 0. The van der Waals surface area contributed by atoms with E-state index in [1.807, 2.05) is 36.4 Å². The van der Waals surface area contributed by atoms with Gasteiger partial charge in [-0.25, -0.2) is 9.18 Å². The summed E-state index contributed by atoms with van der Waals surface area (Å²) in [5.74, 6) is -1.07. The zero-order valence-corrected chi connectivity index (χ0v) is 12.2. The first-order valence-electron chi connectivity index (χ1n) is 7.16. The zero-order chi connectivity index (χ0) is 16.1. The molecular weight excluding hydrogens is 293 g/mol. The van der Waals surface area contributed by atoms with Crippen molar-refractivity contribution in [2.45, 2.75) is 6.10 Å². The maximum atomic E-state index is 13.3. The minimum absolute atomic E-state index is 0.168. The summed E-state index contributed by atoms with van der Waals surface area (Å²) >= 11 is 0. The van der Waals surface area contributed by atoms with Crippen LogP contribution in [0, 0.1) is 5.82 Å². The highest BCUT2D eigenvalue weighted by Crippen LogP contribution is 2.25. The number of halogens is 1. The number of carbonyl (C=O) groups excluding carboxylic acids is 1. The van der Waals surface area contributed by atoms with Crippen LogP contribution in [0.25, 0.3) is 0 Å². The molecule has 0 aliphatic carbocycles. The number of hydrogen-bond donors (Lipinski definition) is 0. The fourth-order valence-corrected chi connectivity index (χ4v) is 2.25. The Morgan fingerprint density at radius 3 is 2.43 bits per heavy atom. The largest absolute Gasteiger partial charge is 0.447 e. The third-order valence-electron chi connectivity index (χ3n) is 3.34. The van der Waals surface area contributed by atoms with E-state index < -0.39 is 17.9 Å². The molecule has 0 aliphatic rings. The van der Waals surface area contributed by atoms with Gasteiger partial charge in [0, 0.05) is 6.20 Å². The van der Waals surface area contributed by atoms with Gasteiger partial charge in [-0.3, -0.25) is 4.98 Å². The lowest BCUT2D eigenvalue weighted by Gasteiger charge is -2.18. The van der Waals surface area contributed by atoms with E-state index in [4.69, 9.17) is 4.74 Å². The van der Waals surface area contributed by atoms with Crippen molar-refractivity contribution >= 4 is 5.97 Å². The minimum atomic E-state index is -0.645. The molecule has 2 aromatic carbocycles. The van der Waals surface area contributed by atoms with Gasteiger partial charge in [0.15, 0.2) is 6.10 Å². The number of rotatable bonds is 4. The number of pyridine rings is 1. The first kappa shape index (κ1) is 14.9. The van der Waals surface area contributed by atoms with E-state index in [9.17, 15) is 9.18 Å². The van der Waals surface area contributed by atoms with E-state index in [-0.39, 0.29) is 5.56 Å². The molecule has 0 fully saturated rings. The molecule has 1 unspecified atom stereocenters. The van der Waals surface area contributed by atoms with Gasteiger partial charge < -0.3 is 4.74 Å². The van der Waals surface area contributed by atoms with Gasteiger partial charge in [0.2, 0.25) is 0 Å². The summed E-state index contributed by atoms with van der Waals surface area (Å²) in [6.45, 7) is 0. The van der Waals surface area contributed by atoms with E-state index in [0.717, 1.165) is 11.6 Å². The molecule has 3 rings (SSSR count). The Kier molecular flexibility index (Phi) is 4.43. The smallest absolute Gasteiger partial charge is 0.339 e. The summed E-state index contributed by atoms with van der Waals surface area (Å²) in [5.41, 5.74) is 1.58. The molecule has 114 valence electrons. The van der Waals surface area contributed by atoms with Gasteiger partial charge >= 0.3 is 5.97 Å². The van der Waals surface area contributed by atoms with Gasteiger partial charge in [-0.1, -0.05) is 42.5 Å². The van der Waals surface area contributed by atoms with E-state index in [2.05, 4.69) is 4.98 Å². The van der Waals surface area contributed by atoms with Crippen molar-refractivity contribution in [2.75, 3.05) is 0 Å². The normalized spacial score (nSPS) is 11.7. The fourth-order valence-electron chi connectivity index (χ4n) is 2.25. The van der Waals surface area contributed by atoms with Crippen molar-refractivity contribution in [3.8, 4) is 0 Å². The Morgan fingerprint density at radius 2 is 1.74 bits per heavy atom. The number of nitrogens with zero attached hydrogens (tertiary/aromatic N) is 1. The van der Waals surface area contributed by atoms with E-state index >= 15 is 0 Å². The fraction of sp³-hybridized carbons (Fsp3) is 0.0526. The predicted molar refractivity (Wildman–Crippen MR) is 84.3 cm³/mol. The Morgan fingerprint density at radius 1 is 0.957 bits per heavy atom. The van der Waals surface area contributed by atoms with Gasteiger partial charge in [-0.05, 0) is 35.9 Å². The van der Waals surface area contributed by atoms with Crippen molar-refractivity contribution in [1.82, 2.24) is 4.98 Å². The molecule has 0 spiro atoms. The predicted octanol–water partition coefficient (Wildman–Crippen LogP) is 4.17. The molecule has 1 aromatic heterocycles. The average Bonchev–Trinajstić information content (AvgIpc) is 2.61. The van der Waals surface area contributed by atoms with E-state index in [1.165, 1.54) is 18.2 Å². The van der Waals surface area contributed by atoms with Crippen LogP contribution in [-0.2, 0) is 4.74 Å². The minimum Gasteiger partial charge on any atom is -0.447 e. The molecule has 1 atom stereocenters. The van der Waals surface area contributed by atoms with Gasteiger partial charge in [-0.15, -0.1) is 0 Å². The molecule has 3 aromatic rings. The van der Waals surface area contributed by atoms with Crippen molar-refractivity contribution < 1.29 is 13.9 Å². The second-order valence-corrected chi connectivity index (χ2v) is 4.96. The molecule has 0 amide bonds. The molecule has 4 heteroatoms. The number of ether oxygens (including phenoxy) is 1. The van der Waals surface area contributed by atoms with Gasteiger partial charge in [0.05, 0.1) is 11.3 Å². The van der Waals surface area contributed by atoms with Crippen LogP contribution in [0.15, 0.2) is 79.0 Å². The molecule has 3 nitrogen and oxygen atoms in total. The Hall–Kier alpha value is -3.01. The highest BCUT2D eigenvalue weighted by atomic mass is 19.1. The molecule has 23 heavy (non-hydrogen) atoms. The highest BCUT2D eigenvalue weighted by molar-refractivity contribution is 5.89. The van der Waals surface area contributed by atoms with Gasteiger partial charge in [0.25, 0.3) is 0 Å². The molecule has 0 aliphatic heterocycles. The summed E-state index contributed by atoms with van der Waals surface area (Å²) in [4.78, 5) is 16.6. The second kappa shape index (κ2) is 6.83. The lowest BCUT2D eigenvalue weighted by atomic mass is 10.1. The van der Waals surface area contributed by atoms with Crippen LogP contribution in [0.1, 0.15) is 27.7 Å². The molecule has 1 heterocycles. The first-order chi connectivity index (χ1) is 11.2.